The molecule has 1 aliphatic rings. The molecule has 1 fully saturated rings. The average Bonchev–Trinajstić information content (AvgIpc) is 3.19. The van der Waals surface area contributed by atoms with Crippen LogP contribution in [0.2, 0.25) is 0 Å². The molecule has 2 aromatic carbocycles. The molecule has 4 aromatic rings. The zero-order chi connectivity index (χ0) is 20.1. The van der Waals surface area contributed by atoms with Crippen LogP contribution in [0.4, 0.5) is 5.82 Å². The van der Waals surface area contributed by atoms with Crippen molar-refractivity contribution < 1.29 is 9.21 Å². The van der Waals surface area contributed by atoms with Crippen molar-refractivity contribution in [3.63, 3.8) is 0 Å². The largest absolute Gasteiger partial charge is 0.419 e. The molecule has 1 N–H and O–H groups in total. The number of rotatable bonds is 4. The van der Waals surface area contributed by atoms with Crippen LogP contribution in [0.5, 0.6) is 0 Å². The van der Waals surface area contributed by atoms with Gasteiger partial charge in [0.1, 0.15) is 5.82 Å². The van der Waals surface area contributed by atoms with Crippen LogP contribution in [0.3, 0.4) is 0 Å². The zero-order valence-corrected chi connectivity index (χ0v) is 16.1. The van der Waals surface area contributed by atoms with Gasteiger partial charge in [-0.1, -0.05) is 31.2 Å². The summed E-state index contributed by atoms with van der Waals surface area (Å²) in [7, 11) is 1.61. The standard InChI is InChI=1S/C22H20N4O3/c1-13-11-16(13)17-12-19(26(24-17)14-7-4-3-5-8-14)23-21(27)15-9-6-10-18-20(15)29-22(28)25(18)2/h3-10,12-13,16H,11H2,1-2H3,(H,23,27)/t13-,16+/m0/s1. The van der Waals surface area contributed by atoms with Crippen molar-refractivity contribution >= 4 is 22.8 Å². The smallest absolute Gasteiger partial charge is 0.407 e. The molecule has 1 saturated carbocycles. The summed E-state index contributed by atoms with van der Waals surface area (Å²) in [6.45, 7) is 2.20. The van der Waals surface area contributed by atoms with E-state index in [1.54, 1.807) is 29.9 Å². The lowest BCUT2D eigenvalue weighted by Crippen LogP contribution is -2.15. The fourth-order valence-electron chi connectivity index (χ4n) is 3.68. The molecule has 7 nitrogen and oxygen atoms in total. The van der Waals surface area contributed by atoms with Gasteiger partial charge in [-0.05, 0) is 36.6 Å². The summed E-state index contributed by atoms with van der Waals surface area (Å²) in [4.78, 5) is 24.9. The molecule has 0 bridgehead atoms. The van der Waals surface area contributed by atoms with Crippen molar-refractivity contribution in [3.05, 3.63) is 76.4 Å². The lowest BCUT2D eigenvalue weighted by Gasteiger charge is -2.09. The maximum atomic E-state index is 13.1. The highest BCUT2D eigenvalue weighted by Gasteiger charge is 2.37. The number of para-hydroxylation sites is 2. The predicted molar refractivity (Wildman–Crippen MR) is 109 cm³/mol. The SMILES string of the molecule is C[C@H]1C[C@H]1c1cc(NC(=O)c2cccc3c2oc(=O)n3C)n(-c2ccccc2)n1. The lowest BCUT2D eigenvalue weighted by molar-refractivity contribution is 0.102. The monoisotopic (exact) mass is 388 g/mol. The van der Waals surface area contributed by atoms with Gasteiger partial charge >= 0.3 is 5.76 Å². The van der Waals surface area contributed by atoms with E-state index in [0.717, 1.165) is 17.8 Å². The number of anilines is 1. The van der Waals surface area contributed by atoms with Gasteiger partial charge in [0.25, 0.3) is 5.91 Å². The number of aromatic nitrogens is 3. The minimum Gasteiger partial charge on any atom is -0.407 e. The van der Waals surface area contributed by atoms with E-state index in [1.165, 1.54) is 4.57 Å². The molecule has 0 aliphatic heterocycles. The van der Waals surface area contributed by atoms with Gasteiger partial charge in [0, 0.05) is 19.0 Å². The van der Waals surface area contributed by atoms with E-state index in [9.17, 15) is 9.59 Å². The highest BCUT2D eigenvalue weighted by molar-refractivity contribution is 6.10. The number of amides is 1. The van der Waals surface area contributed by atoms with Crippen LogP contribution < -0.4 is 11.1 Å². The molecule has 146 valence electrons. The second kappa shape index (κ2) is 6.48. The summed E-state index contributed by atoms with van der Waals surface area (Å²) in [5.74, 6) is 0.763. The summed E-state index contributed by atoms with van der Waals surface area (Å²) < 4.78 is 8.43. The van der Waals surface area contributed by atoms with Gasteiger partial charge in [-0.3, -0.25) is 9.36 Å². The molecule has 1 aliphatic carbocycles. The molecule has 29 heavy (non-hydrogen) atoms. The van der Waals surface area contributed by atoms with Crippen molar-refractivity contribution in [1.29, 1.82) is 0 Å². The number of nitrogens with zero attached hydrogens (tertiary/aromatic N) is 3. The number of carbonyl (C=O) groups excluding carboxylic acids is 1. The Morgan fingerprint density at radius 2 is 1.93 bits per heavy atom. The summed E-state index contributed by atoms with van der Waals surface area (Å²) in [5.41, 5.74) is 3.00. The van der Waals surface area contributed by atoms with Gasteiger partial charge in [0.15, 0.2) is 5.58 Å². The first-order valence-electron chi connectivity index (χ1n) is 9.58. The minimum atomic E-state index is -0.500. The van der Waals surface area contributed by atoms with Crippen LogP contribution in [0.15, 0.2) is 63.8 Å². The summed E-state index contributed by atoms with van der Waals surface area (Å²) >= 11 is 0. The molecule has 1 amide bonds. The van der Waals surface area contributed by atoms with Gasteiger partial charge in [0.2, 0.25) is 0 Å². The molecule has 0 spiro atoms. The summed E-state index contributed by atoms with van der Waals surface area (Å²) in [5, 5.41) is 7.70. The van der Waals surface area contributed by atoms with Crippen LogP contribution in [-0.4, -0.2) is 20.3 Å². The van der Waals surface area contributed by atoms with Gasteiger partial charge < -0.3 is 9.73 Å². The molecule has 0 saturated heterocycles. The summed E-state index contributed by atoms with van der Waals surface area (Å²) in [6.07, 6.45) is 1.10. The zero-order valence-electron chi connectivity index (χ0n) is 16.1. The van der Waals surface area contributed by atoms with Crippen LogP contribution in [0.25, 0.3) is 16.8 Å². The number of aryl methyl sites for hydroxylation is 1. The van der Waals surface area contributed by atoms with E-state index in [0.29, 0.717) is 28.7 Å². The van der Waals surface area contributed by atoms with Crippen LogP contribution in [0, 0.1) is 5.92 Å². The normalized spacial score (nSPS) is 18.1. The average molecular weight is 388 g/mol. The molecule has 0 radical (unpaired) electrons. The van der Waals surface area contributed by atoms with E-state index < -0.39 is 5.76 Å². The van der Waals surface area contributed by atoms with E-state index >= 15 is 0 Å². The first kappa shape index (κ1) is 17.5. The molecule has 2 heterocycles. The number of hydrogen-bond acceptors (Lipinski definition) is 4. The Kier molecular flexibility index (Phi) is 3.91. The van der Waals surface area contributed by atoms with E-state index in [1.807, 2.05) is 36.4 Å². The molecular formula is C22H20N4O3. The topological polar surface area (TPSA) is 82.1 Å². The van der Waals surface area contributed by atoms with Crippen molar-refractivity contribution in [2.75, 3.05) is 5.32 Å². The number of oxazole rings is 1. The third kappa shape index (κ3) is 2.95. The molecule has 2 aromatic heterocycles. The van der Waals surface area contributed by atoms with Crippen molar-refractivity contribution in [2.45, 2.75) is 19.3 Å². The molecule has 5 rings (SSSR count). The van der Waals surface area contributed by atoms with Crippen LogP contribution in [-0.2, 0) is 7.05 Å². The predicted octanol–water partition coefficient (Wildman–Crippen LogP) is 3.69. The number of benzene rings is 2. The lowest BCUT2D eigenvalue weighted by atomic mass is 10.2. The molecule has 2 atom stereocenters. The van der Waals surface area contributed by atoms with Crippen molar-refractivity contribution in [1.82, 2.24) is 14.3 Å². The minimum absolute atomic E-state index is 0.277. The van der Waals surface area contributed by atoms with Crippen molar-refractivity contribution in [3.8, 4) is 5.69 Å². The Hall–Kier alpha value is -3.61. The maximum absolute atomic E-state index is 13.1. The Bertz CT molecular complexity index is 1280. The molecule has 0 unspecified atom stereocenters. The maximum Gasteiger partial charge on any atom is 0.419 e. The Labute approximate surface area is 166 Å². The molecular weight excluding hydrogens is 368 g/mol. The highest BCUT2D eigenvalue weighted by Crippen LogP contribution is 2.47. The van der Waals surface area contributed by atoms with E-state index in [-0.39, 0.29) is 11.5 Å². The third-order valence-corrected chi connectivity index (χ3v) is 5.52. The number of fused-ring (bicyclic) bond motifs is 1. The van der Waals surface area contributed by atoms with Gasteiger partial charge in [-0.15, -0.1) is 0 Å². The van der Waals surface area contributed by atoms with Crippen molar-refractivity contribution in [2.24, 2.45) is 13.0 Å². The van der Waals surface area contributed by atoms with Gasteiger partial charge in [-0.2, -0.15) is 5.10 Å². The highest BCUT2D eigenvalue weighted by atomic mass is 16.4. The fraction of sp³-hybridized carbons (Fsp3) is 0.227. The third-order valence-electron chi connectivity index (χ3n) is 5.52. The van der Waals surface area contributed by atoms with E-state index in [2.05, 4.69) is 12.2 Å². The Balaban J connectivity index is 1.55. The fourth-order valence-corrected chi connectivity index (χ4v) is 3.68. The first-order valence-corrected chi connectivity index (χ1v) is 9.58. The van der Waals surface area contributed by atoms with Crippen LogP contribution >= 0.6 is 0 Å². The number of hydrogen-bond donors (Lipinski definition) is 1. The quantitative estimate of drug-likeness (QED) is 0.578. The summed E-state index contributed by atoms with van der Waals surface area (Å²) in [6, 6.07) is 16.7. The first-order chi connectivity index (χ1) is 14.0. The van der Waals surface area contributed by atoms with E-state index in [4.69, 9.17) is 9.52 Å². The second-order valence-electron chi connectivity index (χ2n) is 7.56. The number of carbonyl (C=O) groups is 1. The second-order valence-corrected chi connectivity index (χ2v) is 7.56. The van der Waals surface area contributed by atoms with Gasteiger partial charge in [0.05, 0.1) is 22.5 Å². The van der Waals surface area contributed by atoms with Gasteiger partial charge in [-0.25, -0.2) is 9.48 Å². The Morgan fingerprint density at radius 3 is 2.66 bits per heavy atom. The Morgan fingerprint density at radius 1 is 1.17 bits per heavy atom. The van der Waals surface area contributed by atoms with Crippen LogP contribution in [0.1, 0.15) is 35.3 Å². The molecule has 7 heteroatoms. The number of nitrogens with one attached hydrogen (secondary N) is 1.